The monoisotopic (exact) mass is 318 g/mol. The average molecular weight is 318 g/mol. The molecule has 22 heavy (non-hydrogen) atoms. The molecule has 7 heteroatoms. The highest BCUT2D eigenvalue weighted by Gasteiger charge is 2.21. The van der Waals surface area contributed by atoms with E-state index >= 15 is 0 Å². The predicted molar refractivity (Wildman–Crippen MR) is 85.4 cm³/mol. The van der Waals surface area contributed by atoms with Crippen LogP contribution in [0.25, 0.3) is 10.2 Å². The molecule has 3 aromatic heterocycles. The molecule has 0 bridgehead atoms. The summed E-state index contributed by atoms with van der Waals surface area (Å²) in [5, 5.41) is 4.63. The van der Waals surface area contributed by atoms with Crippen molar-refractivity contribution in [1.29, 1.82) is 0 Å². The maximum Gasteiger partial charge on any atom is 0.262 e. The minimum absolute atomic E-state index is 0.0727. The number of nitrogens with zero attached hydrogens (tertiary/aromatic N) is 4. The van der Waals surface area contributed by atoms with Crippen LogP contribution in [0, 0.1) is 0 Å². The highest BCUT2D eigenvalue weighted by molar-refractivity contribution is 7.18. The summed E-state index contributed by atoms with van der Waals surface area (Å²) in [4.78, 5) is 23.2. The zero-order valence-electron chi connectivity index (χ0n) is 13.1. The topological polar surface area (TPSA) is 73.8 Å². The van der Waals surface area contributed by atoms with Crippen molar-refractivity contribution in [2.45, 2.75) is 46.1 Å². The fraction of sp³-hybridized carbons (Fsp3) is 0.467. The molecule has 0 aliphatic rings. The molecule has 0 N–H and O–H groups in total. The van der Waals surface area contributed by atoms with Crippen LogP contribution in [-0.2, 0) is 18.4 Å². The number of rotatable bonds is 3. The van der Waals surface area contributed by atoms with Crippen molar-refractivity contribution in [3.8, 4) is 0 Å². The lowest BCUT2D eigenvalue weighted by molar-refractivity contribution is 0.356. The molecule has 0 aromatic carbocycles. The second-order valence-electron chi connectivity index (χ2n) is 6.22. The fourth-order valence-electron chi connectivity index (χ4n) is 2.07. The normalized spacial score (nSPS) is 12.2. The van der Waals surface area contributed by atoms with Gasteiger partial charge in [0.15, 0.2) is 5.82 Å². The van der Waals surface area contributed by atoms with Crippen LogP contribution in [0.1, 0.15) is 44.3 Å². The van der Waals surface area contributed by atoms with Gasteiger partial charge in [-0.05, 0) is 12.5 Å². The van der Waals surface area contributed by atoms with E-state index in [1.54, 1.807) is 17.7 Å². The van der Waals surface area contributed by atoms with E-state index < -0.39 is 0 Å². The van der Waals surface area contributed by atoms with Crippen LogP contribution in [0.3, 0.4) is 0 Å². The van der Waals surface area contributed by atoms with E-state index in [0.717, 1.165) is 16.1 Å². The minimum Gasteiger partial charge on any atom is -0.337 e. The predicted octanol–water partition coefficient (Wildman–Crippen LogP) is 2.75. The molecule has 0 aliphatic heterocycles. The van der Waals surface area contributed by atoms with Gasteiger partial charge in [-0.3, -0.25) is 9.36 Å². The summed E-state index contributed by atoms with van der Waals surface area (Å²) in [6, 6.07) is 1.92. The van der Waals surface area contributed by atoms with Crippen molar-refractivity contribution in [3.05, 3.63) is 39.3 Å². The average Bonchev–Trinajstić information content (AvgIpc) is 3.08. The quantitative estimate of drug-likeness (QED) is 0.742. The third-order valence-electron chi connectivity index (χ3n) is 3.36. The van der Waals surface area contributed by atoms with E-state index in [2.05, 4.69) is 22.0 Å². The smallest absolute Gasteiger partial charge is 0.262 e. The Labute approximate surface area is 131 Å². The van der Waals surface area contributed by atoms with Crippen molar-refractivity contribution >= 4 is 21.6 Å². The van der Waals surface area contributed by atoms with Crippen LogP contribution in [-0.4, -0.2) is 19.7 Å². The van der Waals surface area contributed by atoms with Gasteiger partial charge in [0.05, 0.1) is 11.7 Å². The Bertz CT molecular complexity index is 870. The molecular weight excluding hydrogens is 300 g/mol. The molecule has 3 aromatic rings. The number of aromatic nitrogens is 4. The van der Waals surface area contributed by atoms with Gasteiger partial charge in [0.1, 0.15) is 11.4 Å². The first kappa shape index (κ1) is 14.9. The Hall–Kier alpha value is -2.02. The Morgan fingerprint density at radius 2 is 2.14 bits per heavy atom. The van der Waals surface area contributed by atoms with Crippen molar-refractivity contribution in [2.24, 2.45) is 0 Å². The standard InChI is InChI=1S/C15H18N4O2S/c1-5-9-6-10-12(22-9)16-8-19(13(10)20)7-11-17-14(18-21-11)15(2,3)4/h6,8H,5,7H2,1-4H3. The highest BCUT2D eigenvalue weighted by Crippen LogP contribution is 2.21. The molecule has 0 saturated heterocycles. The lowest BCUT2D eigenvalue weighted by atomic mass is 9.96. The van der Waals surface area contributed by atoms with Gasteiger partial charge in [-0.2, -0.15) is 4.98 Å². The first-order chi connectivity index (χ1) is 10.4. The van der Waals surface area contributed by atoms with E-state index in [1.807, 2.05) is 26.8 Å². The molecule has 0 saturated carbocycles. The van der Waals surface area contributed by atoms with Crippen LogP contribution in [0.15, 0.2) is 21.7 Å². The number of hydrogen-bond acceptors (Lipinski definition) is 6. The van der Waals surface area contributed by atoms with Gasteiger partial charge in [-0.15, -0.1) is 11.3 Å². The van der Waals surface area contributed by atoms with Crippen LogP contribution >= 0.6 is 11.3 Å². The molecule has 6 nitrogen and oxygen atoms in total. The Morgan fingerprint density at radius 3 is 2.77 bits per heavy atom. The van der Waals surface area contributed by atoms with Crippen molar-refractivity contribution in [2.75, 3.05) is 0 Å². The summed E-state index contributed by atoms with van der Waals surface area (Å²) in [5.74, 6) is 1.05. The summed E-state index contributed by atoms with van der Waals surface area (Å²) in [7, 11) is 0. The van der Waals surface area contributed by atoms with E-state index in [-0.39, 0.29) is 17.5 Å². The first-order valence-electron chi connectivity index (χ1n) is 7.19. The van der Waals surface area contributed by atoms with E-state index in [4.69, 9.17) is 4.52 Å². The lowest BCUT2D eigenvalue weighted by Crippen LogP contribution is -2.21. The van der Waals surface area contributed by atoms with Gasteiger partial charge < -0.3 is 4.52 Å². The number of aryl methyl sites for hydroxylation is 1. The summed E-state index contributed by atoms with van der Waals surface area (Å²) in [6.07, 6.45) is 2.45. The molecule has 0 unspecified atom stereocenters. The Balaban J connectivity index is 1.95. The van der Waals surface area contributed by atoms with Crippen LogP contribution in [0.5, 0.6) is 0 Å². The largest absolute Gasteiger partial charge is 0.337 e. The summed E-state index contributed by atoms with van der Waals surface area (Å²) in [6.45, 7) is 8.34. The van der Waals surface area contributed by atoms with Gasteiger partial charge in [0, 0.05) is 10.3 Å². The molecule has 0 atom stereocenters. The van der Waals surface area contributed by atoms with Gasteiger partial charge >= 0.3 is 0 Å². The zero-order valence-corrected chi connectivity index (χ0v) is 13.9. The number of thiophene rings is 1. The zero-order chi connectivity index (χ0) is 15.9. The van der Waals surface area contributed by atoms with Gasteiger partial charge in [0.2, 0.25) is 5.89 Å². The minimum atomic E-state index is -0.182. The molecule has 0 aliphatic carbocycles. The molecule has 3 heterocycles. The Morgan fingerprint density at radius 1 is 1.36 bits per heavy atom. The van der Waals surface area contributed by atoms with Crippen molar-refractivity contribution < 1.29 is 4.52 Å². The van der Waals surface area contributed by atoms with Crippen LogP contribution in [0.2, 0.25) is 0 Å². The summed E-state index contributed by atoms with van der Waals surface area (Å²) >= 11 is 1.56. The van der Waals surface area contributed by atoms with E-state index in [9.17, 15) is 4.79 Å². The van der Waals surface area contributed by atoms with Gasteiger partial charge in [0.25, 0.3) is 5.56 Å². The SMILES string of the molecule is CCc1cc2c(=O)n(Cc3nc(C(C)(C)C)no3)cnc2s1. The third kappa shape index (κ3) is 2.68. The van der Waals surface area contributed by atoms with Crippen molar-refractivity contribution in [1.82, 2.24) is 19.7 Å². The second kappa shape index (κ2) is 5.31. The molecule has 116 valence electrons. The van der Waals surface area contributed by atoms with Crippen LogP contribution < -0.4 is 5.56 Å². The number of fused-ring (bicyclic) bond motifs is 1. The molecule has 0 radical (unpaired) electrons. The molecular formula is C15H18N4O2S. The third-order valence-corrected chi connectivity index (χ3v) is 4.55. The molecule has 0 amide bonds. The van der Waals surface area contributed by atoms with Crippen LogP contribution in [0.4, 0.5) is 0 Å². The van der Waals surface area contributed by atoms with E-state index in [1.165, 1.54) is 4.57 Å². The van der Waals surface area contributed by atoms with Gasteiger partial charge in [-0.1, -0.05) is 32.9 Å². The number of hydrogen-bond donors (Lipinski definition) is 0. The maximum absolute atomic E-state index is 12.5. The summed E-state index contributed by atoms with van der Waals surface area (Å²) < 4.78 is 6.75. The van der Waals surface area contributed by atoms with Crippen molar-refractivity contribution in [3.63, 3.8) is 0 Å². The second-order valence-corrected chi connectivity index (χ2v) is 7.34. The maximum atomic E-state index is 12.5. The Kier molecular flexibility index (Phi) is 3.60. The first-order valence-corrected chi connectivity index (χ1v) is 8.01. The lowest BCUT2D eigenvalue weighted by Gasteiger charge is -2.10. The highest BCUT2D eigenvalue weighted by atomic mass is 32.1. The molecule has 0 fully saturated rings. The van der Waals surface area contributed by atoms with E-state index in [0.29, 0.717) is 17.1 Å². The molecule has 0 spiro atoms. The fourth-order valence-corrected chi connectivity index (χ4v) is 2.99. The molecule has 3 rings (SSSR count). The van der Waals surface area contributed by atoms with Gasteiger partial charge in [-0.25, -0.2) is 4.98 Å². The summed E-state index contributed by atoms with van der Waals surface area (Å²) in [5.41, 5.74) is -0.255.